The fourth-order valence-electron chi connectivity index (χ4n) is 2.34. The fraction of sp³-hybridized carbons (Fsp3) is 0.533. The van der Waals surface area contributed by atoms with E-state index < -0.39 is 0 Å². The second kappa shape index (κ2) is 6.13. The first-order valence-electron chi connectivity index (χ1n) is 7.03. The van der Waals surface area contributed by atoms with Crippen LogP contribution in [0.15, 0.2) is 18.5 Å². The van der Waals surface area contributed by atoms with Gasteiger partial charge in [0, 0.05) is 30.4 Å². The van der Waals surface area contributed by atoms with Crippen molar-refractivity contribution < 1.29 is 0 Å². The van der Waals surface area contributed by atoms with Crippen LogP contribution in [0.3, 0.4) is 0 Å². The third-order valence-electron chi connectivity index (χ3n) is 3.30. The van der Waals surface area contributed by atoms with Crippen LogP contribution in [0, 0.1) is 19.8 Å². The van der Waals surface area contributed by atoms with E-state index in [0.29, 0.717) is 12.3 Å². The van der Waals surface area contributed by atoms with E-state index in [0.717, 1.165) is 29.3 Å². The summed E-state index contributed by atoms with van der Waals surface area (Å²) < 4.78 is 1.95. The van der Waals surface area contributed by atoms with Gasteiger partial charge in [0.1, 0.15) is 12.2 Å². The van der Waals surface area contributed by atoms with Crippen molar-refractivity contribution in [3.63, 3.8) is 0 Å². The largest absolute Gasteiger partial charge is 0.324 e. The van der Waals surface area contributed by atoms with Crippen LogP contribution in [0.4, 0.5) is 0 Å². The topological polar surface area (TPSA) is 69.6 Å². The van der Waals surface area contributed by atoms with Crippen molar-refractivity contribution in [3.8, 4) is 0 Å². The minimum Gasteiger partial charge on any atom is -0.324 e. The maximum atomic E-state index is 6.32. The molecule has 0 saturated carbocycles. The Balaban J connectivity index is 2.15. The van der Waals surface area contributed by atoms with Crippen LogP contribution in [0.5, 0.6) is 0 Å². The van der Waals surface area contributed by atoms with Gasteiger partial charge in [0.25, 0.3) is 0 Å². The molecule has 20 heavy (non-hydrogen) atoms. The van der Waals surface area contributed by atoms with Crippen LogP contribution in [-0.4, -0.2) is 19.7 Å². The highest BCUT2D eigenvalue weighted by atomic mass is 15.3. The molecule has 5 heteroatoms. The van der Waals surface area contributed by atoms with Crippen molar-refractivity contribution in [1.82, 2.24) is 19.7 Å². The molecule has 0 aliphatic heterocycles. The molecule has 0 radical (unpaired) electrons. The van der Waals surface area contributed by atoms with Gasteiger partial charge in [-0.2, -0.15) is 5.10 Å². The predicted molar refractivity (Wildman–Crippen MR) is 79.2 cm³/mol. The lowest BCUT2D eigenvalue weighted by Gasteiger charge is -2.15. The lowest BCUT2D eigenvalue weighted by Crippen LogP contribution is -2.19. The Morgan fingerprint density at radius 1 is 1.25 bits per heavy atom. The van der Waals surface area contributed by atoms with E-state index in [2.05, 4.69) is 35.0 Å². The van der Waals surface area contributed by atoms with Gasteiger partial charge >= 0.3 is 0 Å². The first-order chi connectivity index (χ1) is 9.47. The Morgan fingerprint density at radius 3 is 2.65 bits per heavy atom. The van der Waals surface area contributed by atoms with Crippen LogP contribution >= 0.6 is 0 Å². The maximum absolute atomic E-state index is 6.32. The number of nitrogens with two attached hydrogens (primary N) is 1. The maximum Gasteiger partial charge on any atom is 0.138 e. The third kappa shape index (κ3) is 3.42. The van der Waals surface area contributed by atoms with Crippen molar-refractivity contribution in [2.24, 2.45) is 11.7 Å². The SMILES string of the molecule is Cc1ccc(C(N)Cc2ncnn2CC(C)C)c(C)n1. The van der Waals surface area contributed by atoms with Gasteiger partial charge in [-0.05, 0) is 31.4 Å². The fourth-order valence-corrected chi connectivity index (χ4v) is 2.34. The molecule has 0 saturated heterocycles. The van der Waals surface area contributed by atoms with Gasteiger partial charge in [0.05, 0.1) is 0 Å². The molecule has 0 bridgehead atoms. The molecule has 0 fully saturated rings. The lowest BCUT2D eigenvalue weighted by atomic mass is 10.0. The molecular weight excluding hydrogens is 250 g/mol. The quantitative estimate of drug-likeness (QED) is 0.906. The zero-order chi connectivity index (χ0) is 14.7. The monoisotopic (exact) mass is 273 g/mol. The Morgan fingerprint density at radius 2 is 2.00 bits per heavy atom. The summed E-state index contributed by atoms with van der Waals surface area (Å²) >= 11 is 0. The van der Waals surface area contributed by atoms with Gasteiger partial charge in [0.15, 0.2) is 0 Å². The minimum atomic E-state index is -0.0989. The molecule has 2 aromatic rings. The summed E-state index contributed by atoms with van der Waals surface area (Å²) in [5.74, 6) is 1.47. The van der Waals surface area contributed by atoms with Crippen LogP contribution in [0.2, 0.25) is 0 Å². The molecule has 1 atom stereocenters. The van der Waals surface area contributed by atoms with E-state index in [4.69, 9.17) is 5.73 Å². The third-order valence-corrected chi connectivity index (χ3v) is 3.30. The van der Waals surface area contributed by atoms with E-state index in [1.54, 1.807) is 6.33 Å². The Labute approximate surface area is 120 Å². The number of aryl methyl sites for hydroxylation is 2. The first kappa shape index (κ1) is 14.7. The Bertz CT molecular complexity index is 573. The molecule has 0 amide bonds. The second-order valence-corrected chi connectivity index (χ2v) is 5.69. The summed E-state index contributed by atoms with van der Waals surface area (Å²) in [6, 6.07) is 3.96. The number of rotatable bonds is 5. The predicted octanol–water partition coefficient (Wildman–Crippen LogP) is 2.19. The Hall–Kier alpha value is -1.75. The Kier molecular flexibility index (Phi) is 4.49. The van der Waals surface area contributed by atoms with Gasteiger partial charge < -0.3 is 5.73 Å². The molecule has 2 heterocycles. The van der Waals surface area contributed by atoms with Gasteiger partial charge in [-0.25, -0.2) is 9.67 Å². The zero-order valence-corrected chi connectivity index (χ0v) is 12.7. The van der Waals surface area contributed by atoms with Crippen molar-refractivity contribution in [1.29, 1.82) is 0 Å². The average molecular weight is 273 g/mol. The average Bonchev–Trinajstić information content (AvgIpc) is 2.75. The first-order valence-corrected chi connectivity index (χ1v) is 7.03. The van der Waals surface area contributed by atoms with Crippen LogP contribution < -0.4 is 5.73 Å². The zero-order valence-electron chi connectivity index (χ0n) is 12.7. The van der Waals surface area contributed by atoms with Crippen molar-refractivity contribution in [2.75, 3.05) is 0 Å². The molecule has 2 aromatic heterocycles. The summed E-state index contributed by atoms with van der Waals surface area (Å²) in [4.78, 5) is 8.81. The molecular formula is C15H23N5. The highest BCUT2D eigenvalue weighted by Gasteiger charge is 2.15. The summed E-state index contributed by atoms with van der Waals surface area (Å²) in [6.45, 7) is 9.19. The van der Waals surface area contributed by atoms with E-state index in [9.17, 15) is 0 Å². The molecule has 5 nitrogen and oxygen atoms in total. The van der Waals surface area contributed by atoms with Gasteiger partial charge in [0.2, 0.25) is 0 Å². The number of nitrogens with zero attached hydrogens (tertiary/aromatic N) is 4. The standard InChI is InChI=1S/C15H23N5/c1-10(2)8-20-15(17-9-18-20)7-14(16)13-6-5-11(3)19-12(13)4/h5-6,9-10,14H,7-8,16H2,1-4H3. The van der Waals surface area contributed by atoms with Gasteiger partial charge in [-0.15, -0.1) is 0 Å². The smallest absolute Gasteiger partial charge is 0.138 e. The van der Waals surface area contributed by atoms with E-state index in [-0.39, 0.29) is 6.04 Å². The molecule has 2 rings (SSSR count). The number of pyridine rings is 1. The van der Waals surface area contributed by atoms with E-state index in [1.807, 2.05) is 24.6 Å². The summed E-state index contributed by atoms with van der Waals surface area (Å²) in [7, 11) is 0. The molecule has 0 aromatic carbocycles. The summed E-state index contributed by atoms with van der Waals surface area (Å²) in [5.41, 5.74) is 9.40. The minimum absolute atomic E-state index is 0.0989. The molecule has 0 spiro atoms. The number of aromatic nitrogens is 4. The highest BCUT2D eigenvalue weighted by Crippen LogP contribution is 2.18. The van der Waals surface area contributed by atoms with Crippen LogP contribution in [0.25, 0.3) is 0 Å². The molecule has 1 unspecified atom stereocenters. The lowest BCUT2D eigenvalue weighted by molar-refractivity contribution is 0.459. The molecule has 0 aliphatic carbocycles. The van der Waals surface area contributed by atoms with E-state index >= 15 is 0 Å². The summed E-state index contributed by atoms with van der Waals surface area (Å²) in [5, 5.41) is 4.27. The van der Waals surface area contributed by atoms with Crippen molar-refractivity contribution in [2.45, 2.75) is 46.7 Å². The number of hydrogen-bond donors (Lipinski definition) is 1. The van der Waals surface area contributed by atoms with Gasteiger partial charge in [-0.1, -0.05) is 19.9 Å². The van der Waals surface area contributed by atoms with Crippen LogP contribution in [0.1, 0.15) is 42.7 Å². The van der Waals surface area contributed by atoms with Crippen molar-refractivity contribution in [3.05, 3.63) is 41.2 Å². The molecule has 0 aliphatic rings. The summed E-state index contributed by atoms with van der Waals surface area (Å²) in [6.07, 6.45) is 2.28. The normalized spacial score (nSPS) is 12.9. The number of hydrogen-bond acceptors (Lipinski definition) is 4. The molecule has 2 N–H and O–H groups in total. The van der Waals surface area contributed by atoms with Crippen molar-refractivity contribution >= 4 is 0 Å². The van der Waals surface area contributed by atoms with Crippen LogP contribution in [-0.2, 0) is 13.0 Å². The van der Waals surface area contributed by atoms with Gasteiger partial charge in [-0.3, -0.25) is 4.98 Å². The molecule has 108 valence electrons. The van der Waals surface area contributed by atoms with E-state index in [1.165, 1.54) is 0 Å². The second-order valence-electron chi connectivity index (χ2n) is 5.69. The highest BCUT2D eigenvalue weighted by molar-refractivity contribution is 5.25.